The van der Waals surface area contributed by atoms with Crippen LogP contribution >= 0.6 is 11.8 Å². The van der Waals surface area contributed by atoms with Gasteiger partial charge in [-0.3, -0.25) is 0 Å². The highest BCUT2D eigenvalue weighted by atomic mass is 32.2. The predicted molar refractivity (Wildman–Crippen MR) is 233 cm³/mol. The third-order valence-electron chi connectivity index (χ3n) is 12.0. The number of nitrogens with zero attached hydrogens (tertiary/aromatic N) is 2. The van der Waals surface area contributed by atoms with Gasteiger partial charge in [-0.25, -0.2) is 9.98 Å². The van der Waals surface area contributed by atoms with Crippen LogP contribution in [0.15, 0.2) is 209 Å². The van der Waals surface area contributed by atoms with Crippen LogP contribution in [0.3, 0.4) is 0 Å². The molecule has 1 N–H and O–H groups in total. The molecular weight excluding hydrogens is 731 g/mol. The van der Waals surface area contributed by atoms with Gasteiger partial charge < -0.3 is 14.8 Å². The first-order valence-electron chi connectivity index (χ1n) is 19.7. The van der Waals surface area contributed by atoms with E-state index in [9.17, 15) is 0 Å². The van der Waals surface area contributed by atoms with Crippen molar-refractivity contribution in [1.29, 1.82) is 0 Å². The maximum atomic E-state index is 7.19. The van der Waals surface area contributed by atoms with Gasteiger partial charge in [0.1, 0.15) is 35.4 Å². The van der Waals surface area contributed by atoms with Crippen molar-refractivity contribution in [3.63, 3.8) is 0 Å². The van der Waals surface area contributed by atoms with Gasteiger partial charge in [0, 0.05) is 27.8 Å². The monoisotopic (exact) mass is 765 g/mol. The van der Waals surface area contributed by atoms with Crippen LogP contribution in [0.4, 0.5) is 0 Å². The Morgan fingerprint density at radius 2 is 1.14 bits per heavy atom. The van der Waals surface area contributed by atoms with Gasteiger partial charge in [-0.05, 0) is 57.7 Å². The molecule has 3 heterocycles. The van der Waals surface area contributed by atoms with Gasteiger partial charge in [0.15, 0.2) is 5.84 Å². The molecule has 0 fully saturated rings. The average molecular weight is 766 g/mol. The summed E-state index contributed by atoms with van der Waals surface area (Å²) in [6, 6.07) is 61.8. The minimum absolute atomic E-state index is 0.0747. The molecule has 0 saturated carbocycles. The highest BCUT2D eigenvalue weighted by molar-refractivity contribution is 8.00. The van der Waals surface area contributed by atoms with E-state index in [0.29, 0.717) is 5.84 Å². The molecule has 0 bridgehead atoms. The number of thioether (sulfide) groups is 1. The SMILES string of the molecule is C1=C(c2cccc3c2-c2ccccc2C32c3ccccc3Oc3ccccc32)C2Oc3ccccc3SC2C(C2N=C(c3ccccc3)N=C(c3ccccc3)N2)=C1. The lowest BCUT2D eigenvalue weighted by atomic mass is 9.66. The maximum Gasteiger partial charge on any atom is 0.159 e. The van der Waals surface area contributed by atoms with Crippen molar-refractivity contribution in [2.24, 2.45) is 9.98 Å². The normalized spacial score (nSPS) is 20.1. The second-order valence-electron chi connectivity index (χ2n) is 15.1. The molecule has 12 rings (SSSR count). The molecule has 5 aliphatic rings. The van der Waals surface area contributed by atoms with Crippen LogP contribution in [0, 0.1) is 0 Å². The van der Waals surface area contributed by atoms with E-state index in [-0.39, 0.29) is 17.5 Å². The minimum Gasteiger partial charge on any atom is -0.483 e. The zero-order valence-electron chi connectivity index (χ0n) is 31.2. The van der Waals surface area contributed by atoms with Gasteiger partial charge in [-0.2, -0.15) is 0 Å². The lowest BCUT2D eigenvalue weighted by Crippen LogP contribution is -2.47. The number of rotatable bonds is 4. The van der Waals surface area contributed by atoms with Gasteiger partial charge in [-0.15, -0.1) is 11.8 Å². The van der Waals surface area contributed by atoms with Crippen LogP contribution < -0.4 is 14.8 Å². The first-order chi connectivity index (χ1) is 28.8. The fourth-order valence-corrected chi connectivity index (χ4v) is 10.9. The van der Waals surface area contributed by atoms with Gasteiger partial charge in [0.05, 0.1) is 15.6 Å². The standard InChI is InChI=1S/C52H35N3O2S/c1-3-16-32(17-4-1)49-53-50(33-18-5-2-6-19-33)55-51(54-49)37-31-30-35(47-48(37)58-45-29-14-13-28-44(45)57-47)34-21-15-25-41-46(34)36-20-7-8-22-38(36)52(41)39-23-9-11-26-42(39)56-43-27-12-10-24-40(43)52/h1-31,47-48,51H,(H,53,54,55). The molecular formula is C52H35N3O2S. The van der Waals surface area contributed by atoms with Crippen LogP contribution in [0.25, 0.3) is 16.7 Å². The minimum atomic E-state index is -0.556. The Morgan fingerprint density at radius 1 is 0.534 bits per heavy atom. The average Bonchev–Trinajstić information content (AvgIpc) is 3.59. The second kappa shape index (κ2) is 13.1. The summed E-state index contributed by atoms with van der Waals surface area (Å²) in [6.45, 7) is 0. The number of amidine groups is 2. The number of allylic oxidation sites excluding steroid dienone is 2. The van der Waals surface area contributed by atoms with Crippen molar-refractivity contribution >= 4 is 29.0 Å². The Bertz CT molecular complexity index is 2890. The van der Waals surface area contributed by atoms with Crippen molar-refractivity contribution in [3.05, 3.63) is 233 Å². The Kier molecular flexibility index (Phi) is 7.50. The van der Waals surface area contributed by atoms with Gasteiger partial charge >= 0.3 is 0 Å². The third kappa shape index (κ3) is 4.91. The number of hydrogen-bond donors (Lipinski definition) is 1. The van der Waals surface area contributed by atoms with E-state index < -0.39 is 5.41 Å². The largest absolute Gasteiger partial charge is 0.483 e. The molecule has 2 aliphatic carbocycles. The molecule has 0 saturated heterocycles. The first-order valence-corrected chi connectivity index (χ1v) is 20.6. The number of nitrogens with one attached hydrogen (secondary N) is 1. The number of aliphatic imine (C=N–C) groups is 2. The molecule has 7 aromatic rings. The Labute approximate surface area is 341 Å². The van der Waals surface area contributed by atoms with E-state index in [2.05, 4.69) is 157 Å². The smallest absolute Gasteiger partial charge is 0.159 e. The zero-order chi connectivity index (χ0) is 38.2. The molecule has 6 heteroatoms. The van der Waals surface area contributed by atoms with Crippen LogP contribution in [0.2, 0.25) is 0 Å². The molecule has 0 amide bonds. The molecule has 1 spiro atoms. The molecule has 3 aliphatic heterocycles. The molecule has 276 valence electrons. The Balaban J connectivity index is 1.06. The third-order valence-corrected chi connectivity index (χ3v) is 13.4. The Morgan fingerprint density at radius 3 is 1.90 bits per heavy atom. The summed E-state index contributed by atoms with van der Waals surface area (Å²) in [5, 5.41) is 3.67. The van der Waals surface area contributed by atoms with Crippen LogP contribution in [-0.4, -0.2) is 29.2 Å². The maximum absolute atomic E-state index is 7.19. The number of benzene rings is 7. The fraction of sp³-hybridized carbons (Fsp3) is 0.0769. The van der Waals surface area contributed by atoms with Crippen molar-refractivity contribution in [2.75, 3.05) is 0 Å². The van der Waals surface area contributed by atoms with Gasteiger partial charge in [0.25, 0.3) is 0 Å². The summed E-state index contributed by atoms with van der Waals surface area (Å²) < 4.78 is 13.8. The van der Waals surface area contributed by atoms with Crippen molar-refractivity contribution in [1.82, 2.24) is 5.32 Å². The quantitative estimate of drug-likeness (QED) is 0.194. The number of ether oxygens (including phenoxy) is 2. The zero-order valence-corrected chi connectivity index (χ0v) is 32.1. The van der Waals surface area contributed by atoms with Crippen molar-refractivity contribution < 1.29 is 9.47 Å². The Hall–Kier alpha value is -6.89. The van der Waals surface area contributed by atoms with Gasteiger partial charge in [0.2, 0.25) is 0 Å². The summed E-state index contributed by atoms with van der Waals surface area (Å²) in [7, 11) is 0. The molecule has 58 heavy (non-hydrogen) atoms. The molecule has 5 nitrogen and oxygen atoms in total. The number of para-hydroxylation sites is 3. The summed E-state index contributed by atoms with van der Waals surface area (Å²) in [5.41, 5.74) is 12.2. The van der Waals surface area contributed by atoms with E-state index in [1.54, 1.807) is 0 Å². The number of fused-ring (bicyclic) bond motifs is 11. The lowest BCUT2D eigenvalue weighted by molar-refractivity contribution is 0.246. The van der Waals surface area contributed by atoms with E-state index in [0.717, 1.165) is 61.4 Å². The highest BCUT2D eigenvalue weighted by Crippen LogP contribution is 2.63. The van der Waals surface area contributed by atoms with Gasteiger partial charge in [-0.1, -0.05) is 164 Å². The predicted octanol–water partition coefficient (Wildman–Crippen LogP) is 11.2. The second-order valence-corrected chi connectivity index (χ2v) is 16.3. The lowest BCUT2D eigenvalue weighted by Gasteiger charge is -2.41. The molecule has 3 unspecified atom stereocenters. The number of hydrogen-bond acceptors (Lipinski definition) is 6. The van der Waals surface area contributed by atoms with Crippen molar-refractivity contribution in [2.45, 2.75) is 27.8 Å². The summed E-state index contributed by atoms with van der Waals surface area (Å²) >= 11 is 1.86. The van der Waals surface area contributed by atoms with Crippen LogP contribution in [0.5, 0.6) is 17.2 Å². The molecule has 3 atom stereocenters. The summed E-state index contributed by atoms with van der Waals surface area (Å²) in [4.78, 5) is 11.5. The fourth-order valence-electron chi connectivity index (χ4n) is 9.60. The van der Waals surface area contributed by atoms with E-state index in [1.165, 1.54) is 27.8 Å². The topological polar surface area (TPSA) is 55.2 Å². The molecule has 7 aromatic carbocycles. The summed E-state index contributed by atoms with van der Waals surface area (Å²) in [6.07, 6.45) is 3.91. The summed E-state index contributed by atoms with van der Waals surface area (Å²) in [5.74, 6) is 4.17. The van der Waals surface area contributed by atoms with Crippen LogP contribution in [-0.2, 0) is 5.41 Å². The van der Waals surface area contributed by atoms with Crippen molar-refractivity contribution in [3.8, 4) is 28.4 Å². The first kappa shape index (κ1) is 33.3. The van der Waals surface area contributed by atoms with E-state index >= 15 is 0 Å². The molecule has 0 radical (unpaired) electrons. The molecule has 0 aromatic heterocycles. The van der Waals surface area contributed by atoms with E-state index in [1.807, 2.05) is 48.2 Å². The van der Waals surface area contributed by atoms with E-state index in [4.69, 9.17) is 19.5 Å². The van der Waals surface area contributed by atoms with Crippen LogP contribution in [0.1, 0.15) is 38.9 Å². The highest BCUT2D eigenvalue weighted by Gasteiger charge is 2.52.